The molecular weight excluding hydrogens is 395 g/mol. The Kier molecular flexibility index (Phi) is 5.99. The van der Waals surface area contributed by atoms with Crippen molar-refractivity contribution < 1.29 is 9.13 Å². The van der Waals surface area contributed by atoms with Crippen LogP contribution in [0.5, 0.6) is 0 Å². The molecule has 0 aliphatic heterocycles. The van der Waals surface area contributed by atoms with Gasteiger partial charge in [-0.1, -0.05) is 42.5 Å². The SMILES string of the molecule is Cc1ccccc1-c1cc(C(OCc2cccc(F)c2)c2cncs2)ccc1C#N. The molecule has 4 rings (SSSR count). The van der Waals surface area contributed by atoms with E-state index in [0.29, 0.717) is 5.56 Å². The van der Waals surface area contributed by atoms with Crippen molar-refractivity contribution in [1.82, 2.24) is 4.98 Å². The standard InChI is InChI=1S/C25H19FN2OS/c1-17-5-2-3-8-22(17)23-12-19(9-10-20(23)13-27)25(24-14-28-16-30-24)29-15-18-6-4-7-21(26)11-18/h2-12,14,16,25H,15H2,1H3. The van der Waals surface area contributed by atoms with Crippen LogP contribution in [-0.4, -0.2) is 4.98 Å². The van der Waals surface area contributed by atoms with Crippen molar-refractivity contribution in [3.63, 3.8) is 0 Å². The first-order valence-electron chi connectivity index (χ1n) is 9.50. The second kappa shape index (κ2) is 9.00. The molecule has 0 bridgehead atoms. The largest absolute Gasteiger partial charge is 0.363 e. The van der Waals surface area contributed by atoms with Crippen molar-refractivity contribution in [3.8, 4) is 17.2 Å². The average molecular weight is 415 g/mol. The van der Waals surface area contributed by atoms with Gasteiger partial charge in [0.2, 0.25) is 0 Å². The minimum atomic E-state index is -0.365. The first-order valence-corrected chi connectivity index (χ1v) is 10.4. The molecule has 0 aliphatic rings. The van der Waals surface area contributed by atoms with E-state index in [9.17, 15) is 9.65 Å². The molecular formula is C25H19FN2OS. The molecule has 5 heteroatoms. The molecule has 3 aromatic carbocycles. The monoisotopic (exact) mass is 414 g/mol. The minimum absolute atomic E-state index is 0.264. The molecule has 1 aromatic heterocycles. The third-order valence-electron chi connectivity index (χ3n) is 4.92. The van der Waals surface area contributed by atoms with Crippen LogP contribution in [0.4, 0.5) is 4.39 Å². The van der Waals surface area contributed by atoms with Crippen molar-refractivity contribution >= 4 is 11.3 Å². The van der Waals surface area contributed by atoms with Gasteiger partial charge in [0, 0.05) is 11.8 Å². The molecule has 0 saturated heterocycles. The molecule has 0 aliphatic carbocycles. The lowest BCUT2D eigenvalue weighted by Crippen LogP contribution is -2.06. The van der Waals surface area contributed by atoms with Crippen LogP contribution in [0.3, 0.4) is 0 Å². The molecule has 1 unspecified atom stereocenters. The number of hydrogen-bond donors (Lipinski definition) is 0. The molecule has 0 saturated carbocycles. The van der Waals surface area contributed by atoms with Crippen molar-refractivity contribution in [2.24, 2.45) is 0 Å². The Balaban J connectivity index is 1.73. The normalized spacial score (nSPS) is 11.8. The van der Waals surface area contributed by atoms with E-state index in [0.717, 1.165) is 32.7 Å². The molecule has 0 N–H and O–H groups in total. The van der Waals surface area contributed by atoms with Crippen molar-refractivity contribution in [2.45, 2.75) is 19.6 Å². The summed E-state index contributed by atoms with van der Waals surface area (Å²) in [5.74, 6) is -0.286. The quantitative estimate of drug-likeness (QED) is 0.365. The number of halogens is 1. The van der Waals surface area contributed by atoms with Gasteiger partial charge in [-0.15, -0.1) is 11.3 Å². The number of thiazole rings is 1. The third kappa shape index (κ3) is 4.30. The van der Waals surface area contributed by atoms with Gasteiger partial charge in [-0.3, -0.25) is 4.98 Å². The number of nitrogens with zero attached hydrogens (tertiary/aromatic N) is 2. The summed E-state index contributed by atoms with van der Waals surface area (Å²) in [6.07, 6.45) is 1.42. The van der Waals surface area contributed by atoms with E-state index in [-0.39, 0.29) is 18.5 Å². The summed E-state index contributed by atoms with van der Waals surface area (Å²) in [6.45, 7) is 2.30. The van der Waals surface area contributed by atoms with Crippen molar-refractivity contribution in [3.05, 3.63) is 111 Å². The van der Waals surface area contributed by atoms with E-state index in [1.54, 1.807) is 17.8 Å². The fraction of sp³-hybridized carbons (Fsp3) is 0.120. The average Bonchev–Trinajstić information content (AvgIpc) is 3.29. The highest BCUT2D eigenvalue weighted by Gasteiger charge is 2.19. The van der Waals surface area contributed by atoms with Crippen molar-refractivity contribution in [2.75, 3.05) is 0 Å². The van der Waals surface area contributed by atoms with E-state index >= 15 is 0 Å². The molecule has 1 atom stereocenters. The molecule has 3 nitrogen and oxygen atoms in total. The summed E-state index contributed by atoms with van der Waals surface area (Å²) in [5, 5.41) is 9.64. The van der Waals surface area contributed by atoms with Crippen LogP contribution >= 0.6 is 11.3 Å². The lowest BCUT2D eigenvalue weighted by molar-refractivity contribution is 0.0687. The summed E-state index contributed by atoms with van der Waals surface area (Å²) in [5.41, 5.74) is 7.05. The van der Waals surface area contributed by atoms with Gasteiger partial charge >= 0.3 is 0 Å². The maximum absolute atomic E-state index is 13.6. The van der Waals surface area contributed by atoms with E-state index < -0.39 is 0 Å². The number of aryl methyl sites for hydroxylation is 1. The second-order valence-electron chi connectivity index (χ2n) is 6.96. The number of nitriles is 1. The Morgan fingerprint density at radius 3 is 2.67 bits per heavy atom. The number of hydrogen-bond acceptors (Lipinski definition) is 4. The van der Waals surface area contributed by atoms with Gasteiger partial charge in [0.1, 0.15) is 11.9 Å². The highest BCUT2D eigenvalue weighted by molar-refractivity contribution is 7.09. The summed E-state index contributed by atoms with van der Waals surface area (Å²) < 4.78 is 19.8. The van der Waals surface area contributed by atoms with E-state index in [4.69, 9.17) is 4.74 Å². The Labute approximate surface area is 179 Å². The fourth-order valence-electron chi connectivity index (χ4n) is 3.42. The van der Waals surface area contributed by atoms with E-state index in [1.807, 2.05) is 55.5 Å². The van der Waals surface area contributed by atoms with Crippen LogP contribution in [0.25, 0.3) is 11.1 Å². The van der Waals surface area contributed by atoms with E-state index in [2.05, 4.69) is 11.1 Å². The van der Waals surface area contributed by atoms with Crippen LogP contribution < -0.4 is 0 Å². The topological polar surface area (TPSA) is 45.9 Å². The minimum Gasteiger partial charge on any atom is -0.363 e. The van der Waals surface area contributed by atoms with Gasteiger partial charge in [0.25, 0.3) is 0 Å². The predicted octanol–water partition coefficient (Wildman–Crippen LogP) is 6.44. The van der Waals surface area contributed by atoms with Crippen molar-refractivity contribution in [1.29, 1.82) is 5.26 Å². The summed E-state index contributed by atoms with van der Waals surface area (Å²) >= 11 is 1.50. The number of rotatable bonds is 6. The van der Waals surface area contributed by atoms with Gasteiger partial charge in [0.15, 0.2) is 0 Å². The lowest BCUT2D eigenvalue weighted by atomic mass is 9.93. The smallest absolute Gasteiger partial charge is 0.123 e. The fourth-order valence-corrected chi connectivity index (χ4v) is 4.12. The van der Waals surface area contributed by atoms with Gasteiger partial charge in [-0.2, -0.15) is 5.26 Å². The van der Waals surface area contributed by atoms with Crippen LogP contribution in [0.15, 0.2) is 78.4 Å². The van der Waals surface area contributed by atoms with E-state index in [1.165, 1.54) is 23.5 Å². The Bertz CT molecular complexity index is 1200. The molecule has 0 amide bonds. The molecule has 30 heavy (non-hydrogen) atoms. The summed E-state index contributed by atoms with van der Waals surface area (Å²) in [7, 11) is 0. The highest BCUT2D eigenvalue weighted by Crippen LogP contribution is 2.34. The first kappa shape index (κ1) is 20.0. The van der Waals surface area contributed by atoms with Gasteiger partial charge in [0.05, 0.1) is 28.6 Å². The predicted molar refractivity (Wildman–Crippen MR) is 116 cm³/mol. The lowest BCUT2D eigenvalue weighted by Gasteiger charge is -2.19. The number of aromatic nitrogens is 1. The zero-order chi connectivity index (χ0) is 20.9. The number of benzene rings is 3. The van der Waals surface area contributed by atoms with Crippen LogP contribution in [0.1, 0.15) is 33.2 Å². The van der Waals surface area contributed by atoms with Crippen LogP contribution in [0, 0.1) is 24.1 Å². The second-order valence-corrected chi connectivity index (χ2v) is 7.87. The van der Waals surface area contributed by atoms with Gasteiger partial charge in [-0.25, -0.2) is 4.39 Å². The maximum Gasteiger partial charge on any atom is 0.123 e. The molecule has 1 heterocycles. The zero-order valence-corrected chi connectivity index (χ0v) is 17.2. The molecule has 0 radical (unpaired) electrons. The summed E-state index contributed by atoms with van der Waals surface area (Å²) in [6, 6.07) is 22.5. The Morgan fingerprint density at radius 1 is 1.07 bits per heavy atom. The Morgan fingerprint density at radius 2 is 1.93 bits per heavy atom. The highest BCUT2D eigenvalue weighted by atomic mass is 32.1. The molecule has 0 fully saturated rings. The summed E-state index contributed by atoms with van der Waals surface area (Å²) in [4.78, 5) is 5.14. The van der Waals surface area contributed by atoms with Gasteiger partial charge in [-0.05, 0) is 53.4 Å². The van der Waals surface area contributed by atoms with Gasteiger partial charge < -0.3 is 4.74 Å². The number of ether oxygens (including phenoxy) is 1. The molecule has 148 valence electrons. The first-order chi connectivity index (χ1) is 14.7. The molecule has 0 spiro atoms. The molecule has 4 aromatic rings. The maximum atomic E-state index is 13.6. The third-order valence-corrected chi connectivity index (χ3v) is 5.74. The Hall–Kier alpha value is -3.33. The zero-order valence-electron chi connectivity index (χ0n) is 16.4. The van der Waals surface area contributed by atoms with Crippen LogP contribution in [0.2, 0.25) is 0 Å². The van der Waals surface area contributed by atoms with Crippen LogP contribution in [-0.2, 0) is 11.3 Å².